The molecule has 184 valence electrons. The predicted molar refractivity (Wildman–Crippen MR) is 124 cm³/mol. The van der Waals surface area contributed by atoms with Gasteiger partial charge in [-0.3, -0.25) is 9.59 Å². The summed E-state index contributed by atoms with van der Waals surface area (Å²) in [6, 6.07) is 7.90. The highest BCUT2D eigenvalue weighted by molar-refractivity contribution is 7.90. The van der Waals surface area contributed by atoms with Crippen molar-refractivity contribution in [1.82, 2.24) is 15.0 Å². The molecule has 0 fully saturated rings. The van der Waals surface area contributed by atoms with E-state index in [9.17, 15) is 22.8 Å². The van der Waals surface area contributed by atoms with E-state index >= 15 is 0 Å². The van der Waals surface area contributed by atoms with E-state index < -0.39 is 28.0 Å². The van der Waals surface area contributed by atoms with E-state index in [1.807, 2.05) is 11.6 Å². The lowest BCUT2D eigenvalue weighted by molar-refractivity contribution is 0.0948. The first-order chi connectivity index (χ1) is 16.3. The largest absolute Gasteiger partial charge is 0.515 e. The van der Waals surface area contributed by atoms with Crippen molar-refractivity contribution in [1.29, 1.82) is 0 Å². The van der Waals surface area contributed by atoms with Crippen LogP contribution in [0.15, 0.2) is 47.5 Å². The zero-order valence-corrected chi connectivity index (χ0v) is 20.0. The van der Waals surface area contributed by atoms with Gasteiger partial charge >= 0.3 is 6.16 Å². The van der Waals surface area contributed by atoms with Crippen LogP contribution in [0.4, 0.5) is 4.79 Å². The van der Waals surface area contributed by atoms with Gasteiger partial charge in [0.25, 0.3) is 21.8 Å². The molecular weight excluding hydrogens is 462 g/mol. The lowest BCUT2D eigenvalue weighted by Gasteiger charge is -2.09. The van der Waals surface area contributed by atoms with Gasteiger partial charge in [-0.2, -0.15) is 0 Å². The van der Waals surface area contributed by atoms with E-state index in [4.69, 9.17) is 9.47 Å². The zero-order valence-electron chi connectivity index (χ0n) is 19.2. The third-order valence-electron chi connectivity index (χ3n) is 4.56. The zero-order chi connectivity index (χ0) is 25.0. The molecular formula is C23H29N3O7S. The van der Waals surface area contributed by atoms with E-state index in [1.165, 1.54) is 36.4 Å². The van der Waals surface area contributed by atoms with Gasteiger partial charge in [0.15, 0.2) is 0 Å². The summed E-state index contributed by atoms with van der Waals surface area (Å²) in [5.41, 5.74) is 0.0998. The fraction of sp³-hybridized carbons (Fsp3) is 0.391. The van der Waals surface area contributed by atoms with Gasteiger partial charge in [0, 0.05) is 24.4 Å². The Morgan fingerprint density at radius 3 is 2.41 bits per heavy atom. The Balaban J connectivity index is 2.00. The quantitative estimate of drug-likeness (QED) is 0.340. The number of sulfonamides is 1. The minimum atomic E-state index is -4.25. The van der Waals surface area contributed by atoms with Crippen LogP contribution in [-0.2, 0) is 14.8 Å². The first kappa shape index (κ1) is 26.8. The Morgan fingerprint density at radius 1 is 0.941 bits per heavy atom. The van der Waals surface area contributed by atoms with E-state index in [-0.39, 0.29) is 28.5 Å². The Kier molecular flexibility index (Phi) is 10.5. The third-order valence-corrected chi connectivity index (χ3v) is 5.89. The monoisotopic (exact) mass is 491 g/mol. The van der Waals surface area contributed by atoms with Crippen LogP contribution in [0.5, 0.6) is 5.88 Å². The number of nitrogens with one attached hydrogen (secondary N) is 2. The number of carbonyl (C=O) groups excluding carboxylic acids is 3. The van der Waals surface area contributed by atoms with Gasteiger partial charge in [-0.05, 0) is 37.1 Å². The van der Waals surface area contributed by atoms with Crippen molar-refractivity contribution in [2.24, 2.45) is 0 Å². The molecule has 10 nitrogen and oxygen atoms in total. The maximum absolute atomic E-state index is 12.7. The Hall–Kier alpha value is -3.47. The van der Waals surface area contributed by atoms with Gasteiger partial charge in [-0.15, -0.1) is 0 Å². The Labute approximate surface area is 199 Å². The molecule has 1 heterocycles. The van der Waals surface area contributed by atoms with E-state index in [0.29, 0.717) is 13.0 Å². The van der Waals surface area contributed by atoms with Gasteiger partial charge in [-0.25, -0.2) is 22.9 Å². The van der Waals surface area contributed by atoms with E-state index in [1.54, 1.807) is 0 Å². The van der Waals surface area contributed by atoms with Gasteiger partial charge in [0.1, 0.15) is 0 Å². The number of benzene rings is 1. The van der Waals surface area contributed by atoms with Crippen molar-refractivity contribution in [3.63, 3.8) is 0 Å². The minimum Gasteiger partial charge on any atom is -0.434 e. The molecule has 0 atom stereocenters. The second-order valence-corrected chi connectivity index (χ2v) is 9.05. The van der Waals surface area contributed by atoms with Crippen molar-refractivity contribution >= 4 is 28.0 Å². The van der Waals surface area contributed by atoms with Crippen LogP contribution in [0.3, 0.4) is 0 Å². The summed E-state index contributed by atoms with van der Waals surface area (Å²) in [6.07, 6.45) is 4.77. The van der Waals surface area contributed by atoms with Crippen LogP contribution in [0, 0.1) is 0 Å². The molecule has 11 heteroatoms. The number of hydrogen-bond donors (Lipinski definition) is 2. The summed E-state index contributed by atoms with van der Waals surface area (Å²) in [5, 5.41) is 2.76. The average molecular weight is 492 g/mol. The van der Waals surface area contributed by atoms with E-state index in [2.05, 4.69) is 17.2 Å². The Bertz CT molecular complexity index is 1090. The summed E-state index contributed by atoms with van der Waals surface area (Å²) < 4.78 is 36.9. The summed E-state index contributed by atoms with van der Waals surface area (Å²) in [4.78, 5) is 39.7. The van der Waals surface area contributed by atoms with Crippen LogP contribution in [0.1, 0.15) is 66.7 Å². The minimum absolute atomic E-state index is 0.0705. The summed E-state index contributed by atoms with van der Waals surface area (Å²) in [7, 11) is -4.25. The number of pyridine rings is 1. The smallest absolute Gasteiger partial charge is 0.434 e. The van der Waals surface area contributed by atoms with Gasteiger partial charge in [-0.1, -0.05) is 39.2 Å². The number of unbranched alkanes of at least 4 members (excludes halogenated alkanes) is 3. The molecule has 2 amide bonds. The van der Waals surface area contributed by atoms with Crippen molar-refractivity contribution in [3.8, 4) is 5.88 Å². The van der Waals surface area contributed by atoms with Crippen molar-refractivity contribution in [3.05, 3.63) is 53.7 Å². The molecule has 2 rings (SSSR count). The van der Waals surface area contributed by atoms with Crippen molar-refractivity contribution in [2.45, 2.75) is 50.8 Å². The average Bonchev–Trinajstić information content (AvgIpc) is 2.82. The van der Waals surface area contributed by atoms with Gasteiger partial charge in [0.2, 0.25) is 5.88 Å². The number of carbonyl (C=O) groups is 3. The number of nitrogens with zero attached hydrogens (tertiary/aromatic N) is 1. The third kappa shape index (κ3) is 8.47. The van der Waals surface area contributed by atoms with Gasteiger partial charge in [0.05, 0.1) is 17.1 Å². The molecule has 0 aliphatic heterocycles. The number of aromatic nitrogens is 1. The highest BCUT2D eigenvalue weighted by atomic mass is 32.2. The number of hydrogen-bond acceptors (Lipinski definition) is 8. The lowest BCUT2D eigenvalue weighted by atomic mass is 10.2. The van der Waals surface area contributed by atoms with Gasteiger partial charge < -0.3 is 14.8 Å². The maximum atomic E-state index is 12.7. The molecule has 2 N–H and O–H groups in total. The molecule has 0 bridgehead atoms. The highest BCUT2D eigenvalue weighted by Crippen LogP contribution is 2.14. The molecule has 0 aliphatic carbocycles. The summed E-state index contributed by atoms with van der Waals surface area (Å²) in [6.45, 7) is 4.61. The summed E-state index contributed by atoms with van der Waals surface area (Å²) >= 11 is 0. The topological polar surface area (TPSA) is 141 Å². The summed E-state index contributed by atoms with van der Waals surface area (Å²) in [5.74, 6) is -1.43. The van der Waals surface area contributed by atoms with Crippen LogP contribution in [-0.4, -0.2) is 44.5 Å². The van der Waals surface area contributed by atoms with Crippen molar-refractivity contribution < 1.29 is 32.3 Å². The molecule has 0 aliphatic rings. The molecule has 0 spiro atoms. The first-order valence-electron chi connectivity index (χ1n) is 11.0. The molecule has 0 unspecified atom stereocenters. The predicted octanol–water partition coefficient (Wildman–Crippen LogP) is 3.44. The molecule has 1 aromatic carbocycles. The normalized spacial score (nSPS) is 10.9. The molecule has 0 saturated carbocycles. The second kappa shape index (κ2) is 13.3. The lowest BCUT2D eigenvalue weighted by Crippen LogP contribution is -2.31. The molecule has 0 saturated heterocycles. The fourth-order valence-electron chi connectivity index (χ4n) is 2.78. The number of rotatable bonds is 12. The van der Waals surface area contributed by atoms with E-state index in [0.717, 1.165) is 31.9 Å². The second-order valence-electron chi connectivity index (χ2n) is 7.36. The molecule has 0 radical (unpaired) electrons. The first-order valence-corrected chi connectivity index (χ1v) is 12.5. The number of amides is 2. The standard InChI is InChI=1S/C23H29N3O7S/c1-3-5-6-7-13-24-21(27)17-9-8-10-19(15-17)34(30,31)26-22(28)18-11-12-20(25-16-18)33-23(29)32-14-4-2/h8-12,15-16H,3-7,13-14H2,1-2H3,(H,24,27)(H,26,28). The number of ether oxygens (including phenoxy) is 2. The fourth-order valence-corrected chi connectivity index (χ4v) is 3.79. The van der Waals surface area contributed by atoms with Crippen molar-refractivity contribution in [2.75, 3.05) is 13.2 Å². The molecule has 34 heavy (non-hydrogen) atoms. The molecule has 2 aromatic rings. The van der Waals surface area contributed by atoms with Crippen LogP contribution >= 0.6 is 0 Å². The Morgan fingerprint density at radius 2 is 1.74 bits per heavy atom. The SMILES string of the molecule is CCCCCCNC(=O)c1cccc(S(=O)(=O)NC(=O)c2ccc(OC(=O)OCCC)nc2)c1. The van der Waals surface area contributed by atoms with Crippen LogP contribution in [0.25, 0.3) is 0 Å². The highest BCUT2D eigenvalue weighted by Gasteiger charge is 2.20. The maximum Gasteiger partial charge on any atom is 0.515 e. The van der Waals surface area contributed by atoms with Crippen LogP contribution < -0.4 is 14.8 Å². The van der Waals surface area contributed by atoms with Crippen LogP contribution in [0.2, 0.25) is 0 Å². The molecule has 1 aromatic heterocycles.